The van der Waals surface area contributed by atoms with Crippen LogP contribution in [0.2, 0.25) is 0 Å². The van der Waals surface area contributed by atoms with Gasteiger partial charge in [0.2, 0.25) is 5.91 Å². The van der Waals surface area contributed by atoms with E-state index in [0.29, 0.717) is 17.8 Å². The Morgan fingerprint density at radius 1 is 1.03 bits per heavy atom. The Labute approximate surface area is 189 Å². The van der Waals surface area contributed by atoms with Crippen LogP contribution in [0.5, 0.6) is 0 Å². The smallest absolute Gasteiger partial charge is 0.352 e. The molecule has 0 aliphatic rings. The molecule has 1 aromatic carbocycles. The van der Waals surface area contributed by atoms with Gasteiger partial charge in [-0.15, -0.1) is 0 Å². The lowest BCUT2D eigenvalue weighted by Gasteiger charge is -2.15. The maximum atomic E-state index is 13.7. The second kappa shape index (κ2) is 9.27. The van der Waals surface area contributed by atoms with Crippen molar-refractivity contribution in [1.82, 2.24) is 20.3 Å². The molecule has 0 aliphatic carbocycles. The molecule has 2 N–H and O–H groups in total. The molecule has 6 nitrogen and oxygen atoms in total. The lowest BCUT2D eigenvalue weighted by atomic mass is 10.0. The van der Waals surface area contributed by atoms with E-state index in [-0.39, 0.29) is 29.6 Å². The van der Waals surface area contributed by atoms with Crippen molar-refractivity contribution in [3.8, 4) is 22.6 Å². The Morgan fingerprint density at radius 2 is 1.74 bits per heavy atom. The van der Waals surface area contributed by atoms with Crippen LogP contribution in [0.4, 0.5) is 26.3 Å². The minimum atomic E-state index is -4.82. The summed E-state index contributed by atoms with van der Waals surface area (Å²) in [6.45, 7) is 3.22. The average molecular weight is 484 g/mol. The Bertz CT molecular complexity index is 1270. The van der Waals surface area contributed by atoms with Gasteiger partial charge in [0.05, 0.1) is 16.8 Å². The Kier molecular flexibility index (Phi) is 6.80. The van der Waals surface area contributed by atoms with Crippen molar-refractivity contribution in [2.24, 2.45) is 5.92 Å². The predicted molar refractivity (Wildman–Crippen MR) is 110 cm³/mol. The van der Waals surface area contributed by atoms with Crippen molar-refractivity contribution in [3.05, 3.63) is 69.8 Å². The normalized spacial score (nSPS) is 12.1. The number of benzene rings is 1. The van der Waals surface area contributed by atoms with Gasteiger partial charge in [0.15, 0.2) is 0 Å². The van der Waals surface area contributed by atoms with Gasteiger partial charge in [-0.1, -0.05) is 19.9 Å². The van der Waals surface area contributed by atoms with E-state index in [1.165, 1.54) is 6.07 Å². The van der Waals surface area contributed by atoms with Gasteiger partial charge in [-0.25, -0.2) is 4.98 Å². The molecule has 180 valence electrons. The molecule has 3 rings (SSSR count). The van der Waals surface area contributed by atoms with Gasteiger partial charge in [0.25, 0.3) is 5.56 Å². The predicted octanol–water partition coefficient (Wildman–Crippen LogP) is 4.81. The van der Waals surface area contributed by atoms with Gasteiger partial charge in [0.1, 0.15) is 5.82 Å². The van der Waals surface area contributed by atoms with Crippen LogP contribution in [0.1, 0.15) is 30.5 Å². The Hall–Kier alpha value is -3.70. The number of hydrogen-bond donors (Lipinski definition) is 2. The molecule has 0 unspecified atom stereocenters. The summed E-state index contributed by atoms with van der Waals surface area (Å²) in [7, 11) is 0. The third kappa shape index (κ3) is 5.80. The van der Waals surface area contributed by atoms with E-state index in [0.717, 1.165) is 24.4 Å². The number of carbonyl (C=O) groups excluding carboxylic acids is 1. The van der Waals surface area contributed by atoms with E-state index in [2.05, 4.69) is 20.3 Å². The van der Waals surface area contributed by atoms with Gasteiger partial charge >= 0.3 is 12.4 Å². The maximum Gasteiger partial charge on any atom is 0.417 e. The standard InChI is InChI=1S/C22H18F6N4O2/c1-11(2)20(34)30-8-12-3-4-16(22(26,27)28)15(5-12)19-31-17(7-18(33)32-19)13-6-14(10-29-9-13)21(23,24)25/h3-7,9-11H,8H2,1-2H3,(H,30,34)(H,31,32,33). The van der Waals surface area contributed by atoms with Crippen molar-refractivity contribution in [2.45, 2.75) is 32.7 Å². The second-order valence-corrected chi connectivity index (χ2v) is 7.69. The van der Waals surface area contributed by atoms with Crippen LogP contribution in [0.3, 0.4) is 0 Å². The molecule has 3 aromatic rings. The second-order valence-electron chi connectivity index (χ2n) is 7.69. The first-order chi connectivity index (χ1) is 15.8. The fourth-order valence-corrected chi connectivity index (χ4v) is 3.01. The van der Waals surface area contributed by atoms with Crippen LogP contribution < -0.4 is 10.9 Å². The summed E-state index contributed by atoms with van der Waals surface area (Å²) in [5.74, 6) is -1.15. The summed E-state index contributed by atoms with van der Waals surface area (Å²) >= 11 is 0. The van der Waals surface area contributed by atoms with E-state index in [4.69, 9.17) is 0 Å². The third-order valence-electron chi connectivity index (χ3n) is 4.74. The SMILES string of the molecule is CC(C)C(=O)NCc1ccc(C(F)(F)F)c(-c2nc(-c3cncc(C(F)(F)F)c3)cc(=O)[nH]2)c1. The monoisotopic (exact) mass is 484 g/mol. The van der Waals surface area contributed by atoms with Crippen molar-refractivity contribution >= 4 is 5.91 Å². The minimum Gasteiger partial charge on any atom is -0.352 e. The maximum absolute atomic E-state index is 13.7. The minimum absolute atomic E-state index is 0.0797. The molecule has 0 atom stereocenters. The summed E-state index contributed by atoms with van der Waals surface area (Å²) in [6, 6.07) is 4.62. The fraction of sp³-hybridized carbons (Fsp3) is 0.273. The number of aromatic nitrogens is 3. The molecular weight excluding hydrogens is 466 g/mol. The summed E-state index contributed by atoms with van der Waals surface area (Å²) in [5, 5.41) is 2.58. The summed E-state index contributed by atoms with van der Waals surface area (Å²) in [4.78, 5) is 33.7. The van der Waals surface area contributed by atoms with E-state index in [1.54, 1.807) is 13.8 Å². The number of halogens is 6. The molecule has 0 fully saturated rings. The first-order valence-corrected chi connectivity index (χ1v) is 9.88. The first kappa shape index (κ1) is 24.9. The van der Waals surface area contributed by atoms with Crippen LogP contribution in [0.25, 0.3) is 22.6 Å². The van der Waals surface area contributed by atoms with Crippen molar-refractivity contribution in [1.29, 1.82) is 0 Å². The molecule has 0 bridgehead atoms. The highest BCUT2D eigenvalue weighted by molar-refractivity contribution is 5.78. The summed E-state index contributed by atoms with van der Waals surface area (Å²) in [6.07, 6.45) is -7.94. The van der Waals surface area contributed by atoms with Crippen molar-refractivity contribution in [2.75, 3.05) is 0 Å². The number of hydrogen-bond acceptors (Lipinski definition) is 4. The first-order valence-electron chi connectivity index (χ1n) is 9.88. The largest absolute Gasteiger partial charge is 0.417 e. The van der Waals surface area contributed by atoms with Crippen molar-refractivity contribution in [3.63, 3.8) is 0 Å². The Balaban J connectivity index is 2.11. The lowest BCUT2D eigenvalue weighted by Crippen LogP contribution is -2.27. The number of carbonyl (C=O) groups is 1. The number of alkyl halides is 6. The van der Waals surface area contributed by atoms with Crippen LogP contribution in [-0.4, -0.2) is 20.9 Å². The number of aromatic amines is 1. The number of nitrogens with zero attached hydrogens (tertiary/aromatic N) is 2. The number of H-pyrrole nitrogens is 1. The number of nitrogens with one attached hydrogen (secondary N) is 2. The zero-order chi connectivity index (χ0) is 25.3. The van der Waals surface area contributed by atoms with E-state index in [1.807, 2.05) is 0 Å². The van der Waals surface area contributed by atoms with Crippen LogP contribution in [-0.2, 0) is 23.7 Å². The number of rotatable bonds is 5. The quantitative estimate of drug-likeness (QED) is 0.509. The molecule has 0 spiro atoms. The van der Waals surface area contributed by atoms with E-state index < -0.39 is 40.4 Å². The van der Waals surface area contributed by atoms with Crippen LogP contribution >= 0.6 is 0 Å². The highest BCUT2D eigenvalue weighted by atomic mass is 19.4. The lowest BCUT2D eigenvalue weighted by molar-refractivity contribution is -0.138. The summed E-state index contributed by atoms with van der Waals surface area (Å²) < 4.78 is 80.1. The van der Waals surface area contributed by atoms with Crippen molar-refractivity contribution < 1.29 is 31.1 Å². The fourth-order valence-electron chi connectivity index (χ4n) is 3.01. The highest BCUT2D eigenvalue weighted by Crippen LogP contribution is 2.37. The van der Waals surface area contributed by atoms with Gasteiger partial charge in [-0.05, 0) is 23.8 Å². The molecular formula is C22H18F6N4O2. The van der Waals surface area contributed by atoms with Crippen LogP contribution in [0.15, 0.2) is 47.5 Å². The highest BCUT2D eigenvalue weighted by Gasteiger charge is 2.35. The zero-order valence-electron chi connectivity index (χ0n) is 17.8. The molecule has 34 heavy (non-hydrogen) atoms. The van der Waals surface area contributed by atoms with E-state index in [9.17, 15) is 35.9 Å². The molecule has 2 aromatic heterocycles. The van der Waals surface area contributed by atoms with Gasteiger partial charge in [0, 0.05) is 42.0 Å². The van der Waals surface area contributed by atoms with Gasteiger partial charge in [-0.2, -0.15) is 26.3 Å². The average Bonchev–Trinajstić information content (AvgIpc) is 2.75. The molecule has 1 amide bonds. The topological polar surface area (TPSA) is 87.7 Å². The summed E-state index contributed by atoms with van der Waals surface area (Å²) in [5.41, 5.74) is -3.78. The number of pyridine rings is 1. The molecule has 0 saturated heterocycles. The zero-order valence-corrected chi connectivity index (χ0v) is 17.8. The number of amides is 1. The molecule has 0 saturated carbocycles. The Morgan fingerprint density at radius 3 is 2.35 bits per heavy atom. The molecule has 0 radical (unpaired) electrons. The third-order valence-corrected chi connectivity index (χ3v) is 4.74. The van der Waals surface area contributed by atoms with Gasteiger partial charge < -0.3 is 10.3 Å². The van der Waals surface area contributed by atoms with Gasteiger partial charge in [-0.3, -0.25) is 14.6 Å². The van der Waals surface area contributed by atoms with E-state index >= 15 is 0 Å². The van der Waals surface area contributed by atoms with Crippen LogP contribution in [0, 0.1) is 5.92 Å². The molecule has 2 heterocycles. The molecule has 0 aliphatic heterocycles. The molecule has 12 heteroatoms.